The molecule has 30 heavy (non-hydrogen) atoms. The molecule has 8 heteroatoms. The van der Waals surface area contributed by atoms with Crippen LogP contribution in [-0.2, 0) is 0 Å². The van der Waals surface area contributed by atoms with E-state index < -0.39 is 0 Å². The van der Waals surface area contributed by atoms with Crippen molar-refractivity contribution in [2.75, 3.05) is 19.6 Å². The third kappa shape index (κ3) is 3.31. The molecule has 5 rings (SSSR count). The summed E-state index contributed by atoms with van der Waals surface area (Å²) in [4.78, 5) is 41.8. The average molecular weight is 422 g/mol. The van der Waals surface area contributed by atoms with Crippen LogP contribution in [0.1, 0.15) is 36.0 Å². The number of nitrogens with zero attached hydrogens (tertiary/aromatic N) is 4. The Morgan fingerprint density at radius 1 is 1.23 bits per heavy atom. The Morgan fingerprint density at radius 2 is 2.07 bits per heavy atom. The number of carbonyl (C=O) groups excluding carboxylic acids is 1. The number of likely N-dealkylation sites (tertiary alicyclic amines) is 2. The Balaban J connectivity index is 1.40. The second-order valence-corrected chi connectivity index (χ2v) is 8.72. The van der Waals surface area contributed by atoms with E-state index in [0.29, 0.717) is 46.4 Å². The lowest BCUT2D eigenvalue weighted by Crippen LogP contribution is -2.45. The van der Waals surface area contributed by atoms with Crippen molar-refractivity contribution in [2.24, 2.45) is 0 Å². The highest BCUT2D eigenvalue weighted by Crippen LogP contribution is 2.29. The van der Waals surface area contributed by atoms with Gasteiger partial charge in [-0.25, -0.2) is 4.98 Å². The van der Waals surface area contributed by atoms with Crippen LogP contribution in [0.2, 0.25) is 0 Å². The number of amides is 1. The summed E-state index contributed by atoms with van der Waals surface area (Å²) in [5.41, 5.74) is 2.53. The van der Waals surface area contributed by atoms with Gasteiger partial charge >= 0.3 is 0 Å². The molecule has 0 radical (unpaired) electrons. The summed E-state index contributed by atoms with van der Waals surface area (Å²) in [5, 5.41) is 1.76. The molecule has 2 aliphatic heterocycles. The minimum Gasteiger partial charge on any atom is -0.372 e. The monoisotopic (exact) mass is 421 g/mol. The molecule has 1 N–H and O–H groups in total. The quantitative estimate of drug-likeness (QED) is 0.702. The number of carbonyl (C=O) groups is 1. The fraction of sp³-hybridized carbons (Fsp3) is 0.364. The van der Waals surface area contributed by atoms with Gasteiger partial charge in [-0.15, -0.1) is 11.3 Å². The largest absolute Gasteiger partial charge is 0.372 e. The third-order valence-corrected chi connectivity index (χ3v) is 7.00. The standard InChI is InChI=1S/C22H23N5O2S/c1-14-5-4-10-27(14)15-7-11-26(12-8-15)22(29)16-13-30-19-18(16)24-20(25-21(19)28)17-6-2-3-9-23-17/h2-3,6,9,13,15H,1,4-5,7-8,10-12H2,(H,24,25,28). The number of pyridine rings is 1. The van der Waals surface area contributed by atoms with E-state index in [9.17, 15) is 9.59 Å². The second-order valence-electron chi connectivity index (χ2n) is 7.84. The first-order chi connectivity index (χ1) is 14.6. The van der Waals surface area contributed by atoms with Crippen molar-refractivity contribution in [1.82, 2.24) is 24.8 Å². The van der Waals surface area contributed by atoms with Crippen molar-refractivity contribution in [2.45, 2.75) is 31.7 Å². The smallest absolute Gasteiger partial charge is 0.269 e. The molecule has 0 spiro atoms. The van der Waals surface area contributed by atoms with E-state index >= 15 is 0 Å². The SMILES string of the molecule is C=C1CCCN1C1CCN(C(=O)c2csc3c(=O)[nH]c(-c4ccccn4)nc23)CC1. The number of thiophene rings is 1. The number of nitrogens with one attached hydrogen (secondary N) is 1. The lowest BCUT2D eigenvalue weighted by Gasteiger charge is -2.38. The summed E-state index contributed by atoms with van der Waals surface area (Å²) < 4.78 is 0.473. The number of allylic oxidation sites excluding steroid dienone is 1. The summed E-state index contributed by atoms with van der Waals surface area (Å²) >= 11 is 1.26. The Kier molecular flexibility index (Phi) is 4.86. The third-order valence-electron chi connectivity index (χ3n) is 6.03. The second kappa shape index (κ2) is 7.68. The molecule has 0 aromatic carbocycles. The van der Waals surface area contributed by atoms with Crippen LogP contribution in [0.25, 0.3) is 21.7 Å². The lowest BCUT2D eigenvalue weighted by molar-refractivity contribution is 0.0665. The van der Waals surface area contributed by atoms with Gasteiger partial charge < -0.3 is 14.8 Å². The highest BCUT2D eigenvalue weighted by Gasteiger charge is 2.31. The van der Waals surface area contributed by atoms with Crippen LogP contribution in [0.4, 0.5) is 0 Å². The average Bonchev–Trinajstić information content (AvgIpc) is 3.40. The molecule has 2 aliphatic rings. The number of piperidine rings is 1. The van der Waals surface area contributed by atoms with Gasteiger partial charge in [0.05, 0.1) is 5.56 Å². The molecule has 0 saturated carbocycles. The number of aromatic amines is 1. The van der Waals surface area contributed by atoms with Crippen LogP contribution in [-0.4, -0.2) is 56.3 Å². The van der Waals surface area contributed by atoms with Gasteiger partial charge in [-0.05, 0) is 37.8 Å². The summed E-state index contributed by atoms with van der Waals surface area (Å²) in [6, 6.07) is 5.90. The number of rotatable bonds is 3. The Bertz CT molecular complexity index is 1160. The van der Waals surface area contributed by atoms with Gasteiger partial charge in [-0.1, -0.05) is 12.6 Å². The molecule has 3 aromatic rings. The van der Waals surface area contributed by atoms with E-state index in [1.54, 1.807) is 23.7 Å². The molecule has 5 heterocycles. The molecule has 2 saturated heterocycles. The van der Waals surface area contributed by atoms with E-state index in [2.05, 4.69) is 26.4 Å². The molecule has 154 valence electrons. The normalized spacial score (nSPS) is 17.8. The van der Waals surface area contributed by atoms with Crippen molar-refractivity contribution >= 4 is 27.5 Å². The fourth-order valence-electron chi connectivity index (χ4n) is 4.45. The van der Waals surface area contributed by atoms with Crippen molar-refractivity contribution in [1.29, 1.82) is 0 Å². The zero-order chi connectivity index (χ0) is 20.7. The lowest BCUT2D eigenvalue weighted by atomic mass is 10.0. The maximum absolute atomic E-state index is 13.3. The number of aromatic nitrogens is 3. The van der Waals surface area contributed by atoms with Crippen LogP contribution in [0.5, 0.6) is 0 Å². The molecule has 0 bridgehead atoms. The molecule has 0 unspecified atom stereocenters. The predicted molar refractivity (Wildman–Crippen MR) is 117 cm³/mol. The number of H-pyrrole nitrogens is 1. The topological polar surface area (TPSA) is 82.2 Å². The van der Waals surface area contributed by atoms with E-state index in [1.807, 2.05) is 11.0 Å². The molecular formula is C22H23N5O2S. The fourth-order valence-corrected chi connectivity index (χ4v) is 5.32. The summed E-state index contributed by atoms with van der Waals surface area (Å²) in [6.45, 7) is 6.68. The molecule has 1 amide bonds. The van der Waals surface area contributed by atoms with Crippen LogP contribution in [0.15, 0.2) is 46.8 Å². The van der Waals surface area contributed by atoms with Crippen LogP contribution < -0.4 is 5.56 Å². The van der Waals surface area contributed by atoms with Crippen molar-refractivity contribution in [3.8, 4) is 11.5 Å². The van der Waals surface area contributed by atoms with Crippen LogP contribution in [0, 0.1) is 0 Å². The highest BCUT2D eigenvalue weighted by atomic mass is 32.1. The zero-order valence-electron chi connectivity index (χ0n) is 16.6. The number of hydrogen-bond donors (Lipinski definition) is 1. The van der Waals surface area contributed by atoms with E-state index in [0.717, 1.165) is 25.8 Å². The highest BCUT2D eigenvalue weighted by molar-refractivity contribution is 7.17. The van der Waals surface area contributed by atoms with E-state index in [-0.39, 0.29) is 11.5 Å². The van der Waals surface area contributed by atoms with Gasteiger partial charge in [0, 0.05) is 43.0 Å². The van der Waals surface area contributed by atoms with Gasteiger partial charge in [-0.3, -0.25) is 14.6 Å². The number of hydrogen-bond acceptors (Lipinski definition) is 6. The maximum atomic E-state index is 13.3. The Morgan fingerprint density at radius 3 is 2.77 bits per heavy atom. The van der Waals surface area contributed by atoms with Gasteiger partial charge in [0.1, 0.15) is 15.9 Å². The summed E-state index contributed by atoms with van der Waals surface area (Å²) in [5.74, 6) is 0.330. The van der Waals surface area contributed by atoms with E-state index in [1.165, 1.54) is 23.5 Å². The van der Waals surface area contributed by atoms with Gasteiger partial charge in [0.2, 0.25) is 0 Å². The summed E-state index contributed by atoms with van der Waals surface area (Å²) in [6.07, 6.45) is 5.80. The Hall–Kier alpha value is -3.00. The molecule has 7 nitrogen and oxygen atoms in total. The predicted octanol–water partition coefficient (Wildman–Crippen LogP) is 3.26. The Labute approximate surface area is 178 Å². The molecule has 0 aliphatic carbocycles. The van der Waals surface area contributed by atoms with Crippen LogP contribution >= 0.6 is 11.3 Å². The van der Waals surface area contributed by atoms with Crippen molar-refractivity contribution in [3.05, 3.63) is 58.0 Å². The minimum absolute atomic E-state index is 0.0509. The molecule has 0 atom stereocenters. The first-order valence-electron chi connectivity index (χ1n) is 10.3. The van der Waals surface area contributed by atoms with Crippen molar-refractivity contribution < 1.29 is 4.79 Å². The molecule has 2 fully saturated rings. The van der Waals surface area contributed by atoms with E-state index in [4.69, 9.17) is 0 Å². The zero-order valence-corrected chi connectivity index (χ0v) is 17.5. The maximum Gasteiger partial charge on any atom is 0.269 e. The van der Waals surface area contributed by atoms with Gasteiger partial charge in [0.15, 0.2) is 5.82 Å². The van der Waals surface area contributed by atoms with Gasteiger partial charge in [-0.2, -0.15) is 0 Å². The minimum atomic E-state index is -0.240. The first kappa shape index (κ1) is 19.0. The molecular weight excluding hydrogens is 398 g/mol. The summed E-state index contributed by atoms with van der Waals surface area (Å²) in [7, 11) is 0. The van der Waals surface area contributed by atoms with Gasteiger partial charge in [0.25, 0.3) is 11.5 Å². The molecule has 3 aromatic heterocycles. The van der Waals surface area contributed by atoms with Crippen LogP contribution in [0.3, 0.4) is 0 Å². The van der Waals surface area contributed by atoms with Crippen molar-refractivity contribution in [3.63, 3.8) is 0 Å². The first-order valence-corrected chi connectivity index (χ1v) is 11.2. The number of fused-ring (bicyclic) bond motifs is 1.